The average molecular weight is 310 g/mol. The van der Waals surface area contributed by atoms with Crippen LogP contribution in [0.25, 0.3) is 5.57 Å². The summed E-state index contributed by atoms with van der Waals surface area (Å²) in [6.45, 7) is 10.0. The van der Waals surface area contributed by atoms with Crippen LogP contribution in [0.4, 0.5) is 0 Å². The number of rotatable bonds is 4. The number of nitrogens with one attached hydrogen (secondary N) is 2. The summed E-state index contributed by atoms with van der Waals surface area (Å²) in [5.41, 5.74) is 7.32. The summed E-state index contributed by atoms with van der Waals surface area (Å²) in [5, 5.41) is 6.11. The molecule has 0 saturated heterocycles. The van der Waals surface area contributed by atoms with Crippen LogP contribution in [0.3, 0.4) is 0 Å². The van der Waals surface area contributed by atoms with Gasteiger partial charge in [-0.3, -0.25) is 4.79 Å². The summed E-state index contributed by atoms with van der Waals surface area (Å²) < 4.78 is 0. The Morgan fingerprint density at radius 3 is 2.43 bits per heavy atom. The van der Waals surface area contributed by atoms with Crippen molar-refractivity contribution in [1.29, 1.82) is 0 Å². The zero-order valence-electron chi connectivity index (χ0n) is 14.7. The Bertz CT molecular complexity index is 675. The van der Waals surface area contributed by atoms with Crippen LogP contribution in [0.2, 0.25) is 0 Å². The SMILES string of the molecule is CC/C=C(\C1=CC(NC(C)=O)NC=C1C)c1cc(C)cc(C)c1. The van der Waals surface area contributed by atoms with E-state index in [9.17, 15) is 4.79 Å². The molecular weight excluding hydrogens is 284 g/mol. The molecule has 1 aromatic rings. The van der Waals surface area contributed by atoms with Gasteiger partial charge in [-0.25, -0.2) is 0 Å². The van der Waals surface area contributed by atoms with Crippen LogP contribution in [0.15, 0.2) is 47.7 Å². The summed E-state index contributed by atoms with van der Waals surface area (Å²) in [4.78, 5) is 11.3. The van der Waals surface area contributed by atoms with E-state index in [1.54, 1.807) is 0 Å². The second-order valence-electron chi connectivity index (χ2n) is 6.15. The summed E-state index contributed by atoms with van der Waals surface area (Å²) in [5.74, 6) is -0.0431. The van der Waals surface area contributed by atoms with Gasteiger partial charge in [0, 0.05) is 13.1 Å². The van der Waals surface area contributed by atoms with E-state index in [1.165, 1.54) is 40.3 Å². The van der Waals surface area contributed by atoms with Gasteiger partial charge in [0.2, 0.25) is 5.91 Å². The van der Waals surface area contributed by atoms with Crippen LogP contribution in [0, 0.1) is 13.8 Å². The summed E-state index contributed by atoms with van der Waals surface area (Å²) in [6, 6.07) is 6.63. The zero-order chi connectivity index (χ0) is 17.0. The van der Waals surface area contributed by atoms with Gasteiger partial charge in [0.05, 0.1) is 0 Å². The average Bonchev–Trinajstić information content (AvgIpc) is 2.45. The highest BCUT2D eigenvalue weighted by molar-refractivity contribution is 5.84. The van der Waals surface area contributed by atoms with Crippen molar-refractivity contribution in [2.24, 2.45) is 0 Å². The number of carbonyl (C=O) groups excluding carboxylic acids is 1. The van der Waals surface area contributed by atoms with E-state index in [4.69, 9.17) is 0 Å². The molecule has 0 spiro atoms. The quantitative estimate of drug-likeness (QED) is 0.883. The molecule has 3 heteroatoms. The van der Waals surface area contributed by atoms with Crippen LogP contribution in [-0.2, 0) is 4.79 Å². The lowest BCUT2D eigenvalue weighted by molar-refractivity contribution is -0.119. The highest BCUT2D eigenvalue weighted by Crippen LogP contribution is 2.31. The zero-order valence-corrected chi connectivity index (χ0v) is 14.7. The first kappa shape index (κ1) is 17.1. The Labute approximate surface area is 139 Å². The number of carbonyl (C=O) groups is 1. The molecule has 0 aliphatic carbocycles. The first-order chi connectivity index (χ1) is 10.9. The predicted octanol–water partition coefficient (Wildman–Crippen LogP) is 3.99. The van der Waals surface area contributed by atoms with Gasteiger partial charge in [-0.1, -0.05) is 42.3 Å². The van der Waals surface area contributed by atoms with E-state index < -0.39 is 0 Å². The van der Waals surface area contributed by atoms with Gasteiger partial charge in [-0.2, -0.15) is 0 Å². The predicted molar refractivity (Wildman–Crippen MR) is 96.8 cm³/mol. The number of benzene rings is 1. The molecule has 0 aromatic heterocycles. The largest absolute Gasteiger partial charge is 0.368 e. The van der Waals surface area contributed by atoms with E-state index >= 15 is 0 Å². The van der Waals surface area contributed by atoms with E-state index in [1.807, 2.05) is 6.20 Å². The third-order valence-corrected chi connectivity index (χ3v) is 3.83. The molecule has 23 heavy (non-hydrogen) atoms. The molecule has 1 amide bonds. The molecule has 1 aromatic carbocycles. The molecule has 0 saturated carbocycles. The third-order valence-electron chi connectivity index (χ3n) is 3.83. The van der Waals surface area contributed by atoms with Crippen molar-refractivity contribution in [2.75, 3.05) is 0 Å². The highest BCUT2D eigenvalue weighted by Gasteiger charge is 2.17. The molecule has 2 rings (SSSR count). The molecule has 1 heterocycles. The van der Waals surface area contributed by atoms with Crippen LogP contribution in [0.5, 0.6) is 0 Å². The minimum absolute atomic E-state index is 0.0431. The van der Waals surface area contributed by atoms with Crippen LogP contribution >= 0.6 is 0 Å². The Kier molecular flexibility index (Phi) is 5.43. The van der Waals surface area contributed by atoms with Crippen LogP contribution < -0.4 is 10.6 Å². The summed E-state index contributed by atoms with van der Waals surface area (Å²) in [6.07, 6.45) is 7.12. The molecular formula is C20H26N2O. The molecule has 1 unspecified atom stereocenters. The minimum Gasteiger partial charge on any atom is -0.368 e. The van der Waals surface area contributed by atoms with Crippen molar-refractivity contribution in [2.45, 2.75) is 47.2 Å². The minimum atomic E-state index is -0.169. The van der Waals surface area contributed by atoms with Gasteiger partial charge >= 0.3 is 0 Å². The number of hydrogen-bond donors (Lipinski definition) is 2. The van der Waals surface area contributed by atoms with Crippen molar-refractivity contribution in [3.8, 4) is 0 Å². The Morgan fingerprint density at radius 1 is 1.22 bits per heavy atom. The maximum atomic E-state index is 11.3. The Balaban J connectivity index is 2.47. The molecule has 0 fully saturated rings. The second kappa shape index (κ2) is 7.32. The molecule has 0 bridgehead atoms. The number of dihydropyridines is 1. The maximum Gasteiger partial charge on any atom is 0.218 e. The molecule has 1 atom stereocenters. The summed E-state index contributed by atoms with van der Waals surface area (Å²) in [7, 11) is 0. The smallest absolute Gasteiger partial charge is 0.218 e. The van der Waals surface area contributed by atoms with Crippen molar-refractivity contribution < 1.29 is 4.79 Å². The lowest BCUT2D eigenvalue weighted by Gasteiger charge is -2.24. The number of hydrogen-bond acceptors (Lipinski definition) is 2. The molecule has 122 valence electrons. The van der Waals surface area contributed by atoms with Crippen molar-refractivity contribution in [1.82, 2.24) is 10.6 Å². The fraction of sp³-hybridized carbons (Fsp3) is 0.350. The van der Waals surface area contributed by atoms with Gasteiger partial charge in [-0.05, 0) is 55.6 Å². The van der Waals surface area contributed by atoms with E-state index in [0.29, 0.717) is 0 Å². The van der Waals surface area contributed by atoms with Crippen molar-refractivity contribution in [3.05, 3.63) is 64.4 Å². The molecule has 3 nitrogen and oxygen atoms in total. The van der Waals surface area contributed by atoms with Crippen molar-refractivity contribution in [3.63, 3.8) is 0 Å². The topological polar surface area (TPSA) is 41.1 Å². The lowest BCUT2D eigenvalue weighted by Crippen LogP contribution is -2.42. The van der Waals surface area contributed by atoms with E-state index in [-0.39, 0.29) is 12.1 Å². The maximum absolute atomic E-state index is 11.3. The molecule has 0 radical (unpaired) electrons. The van der Waals surface area contributed by atoms with E-state index in [0.717, 1.165) is 6.42 Å². The lowest BCUT2D eigenvalue weighted by atomic mass is 9.89. The normalized spacial score (nSPS) is 18.0. The standard InChI is InChI=1S/C20H26N2O/c1-6-7-18(17-9-13(2)8-14(3)10-17)19-11-20(22-16(5)23)21-12-15(19)4/h7-12,20-21H,6H2,1-5H3,(H,22,23)/b18-7-. The number of amides is 1. The first-order valence-corrected chi connectivity index (χ1v) is 8.12. The van der Waals surface area contributed by atoms with Crippen LogP contribution in [0.1, 0.15) is 43.9 Å². The monoisotopic (exact) mass is 310 g/mol. The molecule has 1 aliphatic rings. The second-order valence-corrected chi connectivity index (χ2v) is 6.15. The number of allylic oxidation sites excluding steroid dienone is 4. The van der Waals surface area contributed by atoms with Gasteiger partial charge < -0.3 is 10.6 Å². The van der Waals surface area contributed by atoms with Gasteiger partial charge in [-0.15, -0.1) is 0 Å². The third kappa shape index (κ3) is 4.35. The van der Waals surface area contributed by atoms with Gasteiger partial charge in [0.1, 0.15) is 6.17 Å². The molecule has 1 aliphatic heterocycles. The fourth-order valence-electron chi connectivity index (χ4n) is 2.96. The van der Waals surface area contributed by atoms with Crippen LogP contribution in [-0.4, -0.2) is 12.1 Å². The number of aryl methyl sites for hydroxylation is 2. The first-order valence-electron chi connectivity index (χ1n) is 8.12. The Hall–Kier alpha value is -2.29. The van der Waals surface area contributed by atoms with Gasteiger partial charge in [0.25, 0.3) is 0 Å². The summed E-state index contributed by atoms with van der Waals surface area (Å²) >= 11 is 0. The van der Waals surface area contributed by atoms with E-state index in [2.05, 4.69) is 68.7 Å². The fourth-order valence-corrected chi connectivity index (χ4v) is 2.96. The highest BCUT2D eigenvalue weighted by atomic mass is 16.1. The van der Waals surface area contributed by atoms with Crippen molar-refractivity contribution >= 4 is 11.5 Å². The van der Waals surface area contributed by atoms with Gasteiger partial charge in [0.15, 0.2) is 0 Å². The Morgan fingerprint density at radius 2 is 1.87 bits per heavy atom. The molecule has 2 N–H and O–H groups in total.